The molecule has 96 valence electrons. The fourth-order valence-electron chi connectivity index (χ4n) is 2.45. The SMILES string of the molecule is CCNC(C(C)C)C(C)Cc1ccc(Cl)cc1. The highest BCUT2D eigenvalue weighted by molar-refractivity contribution is 6.30. The Hall–Kier alpha value is -0.530. The van der Waals surface area contributed by atoms with Crippen LogP contribution < -0.4 is 5.32 Å². The maximum atomic E-state index is 5.90. The van der Waals surface area contributed by atoms with Gasteiger partial charge in [0.05, 0.1) is 0 Å². The van der Waals surface area contributed by atoms with Gasteiger partial charge in [-0.2, -0.15) is 0 Å². The zero-order valence-electron chi connectivity index (χ0n) is 11.3. The third-order valence-corrected chi connectivity index (χ3v) is 3.49. The lowest BCUT2D eigenvalue weighted by molar-refractivity contribution is 0.302. The van der Waals surface area contributed by atoms with Crippen LogP contribution in [0.1, 0.15) is 33.3 Å². The van der Waals surface area contributed by atoms with Gasteiger partial charge in [0.15, 0.2) is 0 Å². The number of halogens is 1. The second kappa shape index (κ2) is 7.03. The number of nitrogens with one attached hydrogen (secondary N) is 1. The molecule has 0 aliphatic heterocycles. The van der Waals surface area contributed by atoms with Gasteiger partial charge >= 0.3 is 0 Å². The van der Waals surface area contributed by atoms with Gasteiger partial charge in [0.2, 0.25) is 0 Å². The maximum Gasteiger partial charge on any atom is 0.0406 e. The van der Waals surface area contributed by atoms with Gasteiger partial charge in [-0.25, -0.2) is 0 Å². The summed E-state index contributed by atoms with van der Waals surface area (Å²) in [6, 6.07) is 8.78. The molecule has 2 heteroatoms. The van der Waals surface area contributed by atoms with E-state index in [-0.39, 0.29) is 0 Å². The maximum absolute atomic E-state index is 5.90. The van der Waals surface area contributed by atoms with Crippen LogP contribution in [0.15, 0.2) is 24.3 Å². The monoisotopic (exact) mass is 253 g/mol. The lowest BCUT2D eigenvalue weighted by Gasteiger charge is -2.28. The van der Waals surface area contributed by atoms with E-state index in [1.807, 2.05) is 12.1 Å². The van der Waals surface area contributed by atoms with E-state index < -0.39 is 0 Å². The molecule has 0 spiro atoms. The van der Waals surface area contributed by atoms with Gasteiger partial charge in [0, 0.05) is 11.1 Å². The van der Waals surface area contributed by atoms with E-state index in [0.717, 1.165) is 18.0 Å². The largest absolute Gasteiger partial charge is 0.314 e. The molecule has 0 aliphatic carbocycles. The first-order valence-electron chi connectivity index (χ1n) is 6.52. The Kier molecular flexibility index (Phi) is 6.01. The quantitative estimate of drug-likeness (QED) is 0.803. The number of hydrogen-bond acceptors (Lipinski definition) is 1. The molecule has 0 heterocycles. The summed E-state index contributed by atoms with van der Waals surface area (Å²) in [4.78, 5) is 0. The van der Waals surface area contributed by atoms with Gasteiger partial charge < -0.3 is 5.32 Å². The van der Waals surface area contributed by atoms with Crippen LogP contribution in [0.25, 0.3) is 0 Å². The van der Waals surface area contributed by atoms with Gasteiger partial charge in [-0.05, 0) is 42.5 Å². The molecular formula is C15H24ClN. The first-order chi connectivity index (χ1) is 8.04. The molecule has 1 aromatic carbocycles. The van der Waals surface area contributed by atoms with Gasteiger partial charge in [0.25, 0.3) is 0 Å². The van der Waals surface area contributed by atoms with Crippen LogP contribution in [0.2, 0.25) is 5.02 Å². The summed E-state index contributed by atoms with van der Waals surface area (Å²) in [6.45, 7) is 10.1. The van der Waals surface area contributed by atoms with E-state index in [9.17, 15) is 0 Å². The normalized spacial score (nSPS) is 14.9. The average molecular weight is 254 g/mol. The average Bonchev–Trinajstić information content (AvgIpc) is 2.28. The topological polar surface area (TPSA) is 12.0 Å². The Labute approximate surface area is 111 Å². The summed E-state index contributed by atoms with van der Waals surface area (Å²) in [5, 5.41) is 4.40. The molecule has 0 saturated carbocycles. The van der Waals surface area contributed by atoms with Crippen molar-refractivity contribution in [3.8, 4) is 0 Å². The molecule has 0 fully saturated rings. The van der Waals surface area contributed by atoms with Crippen molar-refractivity contribution in [1.29, 1.82) is 0 Å². The molecule has 1 aromatic rings. The van der Waals surface area contributed by atoms with Crippen molar-refractivity contribution in [3.05, 3.63) is 34.9 Å². The van der Waals surface area contributed by atoms with Gasteiger partial charge in [0.1, 0.15) is 0 Å². The zero-order chi connectivity index (χ0) is 12.8. The van der Waals surface area contributed by atoms with Crippen molar-refractivity contribution in [2.45, 2.75) is 40.2 Å². The summed E-state index contributed by atoms with van der Waals surface area (Å²) < 4.78 is 0. The summed E-state index contributed by atoms with van der Waals surface area (Å²) in [5.41, 5.74) is 1.37. The van der Waals surface area contributed by atoms with Crippen molar-refractivity contribution in [1.82, 2.24) is 5.32 Å². The molecule has 1 nitrogen and oxygen atoms in total. The van der Waals surface area contributed by atoms with E-state index in [0.29, 0.717) is 17.9 Å². The van der Waals surface area contributed by atoms with Crippen LogP contribution >= 0.6 is 11.6 Å². The highest BCUT2D eigenvalue weighted by atomic mass is 35.5. The van der Waals surface area contributed by atoms with Crippen LogP contribution in [0.4, 0.5) is 0 Å². The van der Waals surface area contributed by atoms with E-state index in [4.69, 9.17) is 11.6 Å². The fourth-order valence-corrected chi connectivity index (χ4v) is 2.57. The summed E-state index contributed by atoms with van der Waals surface area (Å²) >= 11 is 5.90. The van der Waals surface area contributed by atoms with Crippen LogP contribution in [0.3, 0.4) is 0 Å². The Balaban J connectivity index is 2.62. The van der Waals surface area contributed by atoms with Gasteiger partial charge in [-0.1, -0.05) is 51.4 Å². The Morgan fingerprint density at radius 3 is 2.18 bits per heavy atom. The van der Waals surface area contributed by atoms with Crippen molar-refractivity contribution in [2.24, 2.45) is 11.8 Å². The first kappa shape index (κ1) is 14.5. The Morgan fingerprint density at radius 1 is 1.12 bits per heavy atom. The summed E-state index contributed by atoms with van der Waals surface area (Å²) in [5.74, 6) is 1.30. The van der Waals surface area contributed by atoms with Crippen LogP contribution in [-0.2, 0) is 6.42 Å². The molecule has 0 aliphatic rings. The smallest absolute Gasteiger partial charge is 0.0406 e. The second-order valence-corrected chi connectivity index (χ2v) is 5.57. The number of hydrogen-bond donors (Lipinski definition) is 1. The van der Waals surface area contributed by atoms with Gasteiger partial charge in [-0.3, -0.25) is 0 Å². The number of benzene rings is 1. The van der Waals surface area contributed by atoms with E-state index in [1.165, 1.54) is 5.56 Å². The van der Waals surface area contributed by atoms with E-state index >= 15 is 0 Å². The predicted molar refractivity (Wildman–Crippen MR) is 76.6 cm³/mol. The van der Waals surface area contributed by atoms with Crippen molar-refractivity contribution in [2.75, 3.05) is 6.54 Å². The van der Waals surface area contributed by atoms with E-state index in [2.05, 4.69) is 45.1 Å². The Bertz CT molecular complexity index is 318. The molecule has 1 N–H and O–H groups in total. The standard InChI is InChI=1S/C15H24ClN/c1-5-17-15(11(2)3)12(4)10-13-6-8-14(16)9-7-13/h6-9,11-12,15,17H,5,10H2,1-4H3. The molecule has 17 heavy (non-hydrogen) atoms. The van der Waals surface area contributed by atoms with E-state index in [1.54, 1.807) is 0 Å². The molecule has 0 radical (unpaired) electrons. The molecule has 2 atom stereocenters. The molecule has 2 unspecified atom stereocenters. The van der Waals surface area contributed by atoms with Crippen molar-refractivity contribution in [3.63, 3.8) is 0 Å². The lowest BCUT2D eigenvalue weighted by Crippen LogP contribution is -2.40. The van der Waals surface area contributed by atoms with Crippen LogP contribution in [0.5, 0.6) is 0 Å². The van der Waals surface area contributed by atoms with Crippen LogP contribution in [-0.4, -0.2) is 12.6 Å². The highest BCUT2D eigenvalue weighted by Gasteiger charge is 2.19. The minimum atomic E-state index is 0.579. The Morgan fingerprint density at radius 2 is 1.71 bits per heavy atom. The minimum absolute atomic E-state index is 0.579. The minimum Gasteiger partial charge on any atom is -0.314 e. The molecule has 0 bridgehead atoms. The third-order valence-electron chi connectivity index (χ3n) is 3.24. The highest BCUT2D eigenvalue weighted by Crippen LogP contribution is 2.19. The van der Waals surface area contributed by atoms with Gasteiger partial charge in [-0.15, -0.1) is 0 Å². The van der Waals surface area contributed by atoms with Crippen molar-refractivity contribution < 1.29 is 0 Å². The molecule has 0 aromatic heterocycles. The molecule has 0 saturated heterocycles. The second-order valence-electron chi connectivity index (χ2n) is 5.14. The fraction of sp³-hybridized carbons (Fsp3) is 0.600. The van der Waals surface area contributed by atoms with Crippen LogP contribution in [0, 0.1) is 11.8 Å². The first-order valence-corrected chi connectivity index (χ1v) is 6.90. The predicted octanol–water partition coefficient (Wildman–Crippen LogP) is 4.15. The molecule has 0 amide bonds. The molecule has 1 rings (SSSR count). The number of rotatable bonds is 6. The lowest BCUT2D eigenvalue weighted by atomic mass is 9.87. The summed E-state index contributed by atoms with van der Waals surface area (Å²) in [6.07, 6.45) is 1.10. The van der Waals surface area contributed by atoms with Crippen molar-refractivity contribution >= 4 is 11.6 Å². The molecular weight excluding hydrogens is 230 g/mol. The summed E-state index contributed by atoms with van der Waals surface area (Å²) in [7, 11) is 0. The zero-order valence-corrected chi connectivity index (χ0v) is 12.1. The third kappa shape index (κ3) is 4.69.